The van der Waals surface area contributed by atoms with Gasteiger partial charge in [-0.1, -0.05) is 54.6 Å². The zero-order chi connectivity index (χ0) is 19.0. The van der Waals surface area contributed by atoms with E-state index in [1.165, 1.54) is 0 Å². The smallest absolute Gasteiger partial charge is 0.128 e. The van der Waals surface area contributed by atoms with E-state index in [2.05, 4.69) is 41.3 Å². The van der Waals surface area contributed by atoms with Crippen molar-refractivity contribution < 1.29 is 4.74 Å². The standard InChI is InChI=1S/C23H23N3O/c1-25(2)20-15-14-16-8-4-5-11-18(16)23(20)26(24)19-12-6-9-17-10-7-13-21(27-3)22(17)19/h4-15H,24H2,1-3H3. The second-order valence-electron chi connectivity index (χ2n) is 6.75. The zero-order valence-electron chi connectivity index (χ0n) is 15.8. The fourth-order valence-electron chi connectivity index (χ4n) is 3.64. The molecule has 4 aromatic rings. The molecule has 0 amide bonds. The van der Waals surface area contributed by atoms with Gasteiger partial charge in [-0.05, 0) is 29.0 Å². The van der Waals surface area contributed by atoms with Gasteiger partial charge in [0, 0.05) is 24.9 Å². The van der Waals surface area contributed by atoms with E-state index in [0.717, 1.165) is 44.4 Å². The first-order valence-corrected chi connectivity index (χ1v) is 8.91. The van der Waals surface area contributed by atoms with Crippen LogP contribution in [0.15, 0.2) is 72.8 Å². The van der Waals surface area contributed by atoms with Gasteiger partial charge in [-0.15, -0.1) is 0 Å². The van der Waals surface area contributed by atoms with Gasteiger partial charge in [-0.2, -0.15) is 0 Å². The number of hydrazine groups is 1. The summed E-state index contributed by atoms with van der Waals surface area (Å²) in [6, 6.07) is 24.7. The minimum Gasteiger partial charge on any atom is -0.496 e. The van der Waals surface area contributed by atoms with E-state index in [1.807, 2.05) is 50.5 Å². The average molecular weight is 357 g/mol. The van der Waals surface area contributed by atoms with Gasteiger partial charge < -0.3 is 9.64 Å². The lowest BCUT2D eigenvalue weighted by atomic mass is 10.0. The second-order valence-corrected chi connectivity index (χ2v) is 6.75. The maximum absolute atomic E-state index is 6.76. The highest BCUT2D eigenvalue weighted by Gasteiger charge is 2.18. The van der Waals surface area contributed by atoms with Crippen LogP contribution in [0.25, 0.3) is 21.5 Å². The fourth-order valence-corrected chi connectivity index (χ4v) is 3.64. The first-order chi connectivity index (χ1) is 13.1. The summed E-state index contributed by atoms with van der Waals surface area (Å²) in [4.78, 5) is 2.09. The number of ether oxygens (including phenoxy) is 1. The molecule has 136 valence electrons. The first-order valence-electron chi connectivity index (χ1n) is 8.91. The summed E-state index contributed by atoms with van der Waals surface area (Å²) in [5.41, 5.74) is 2.93. The molecule has 4 aromatic carbocycles. The minimum atomic E-state index is 0.810. The molecule has 0 saturated heterocycles. The molecule has 0 fully saturated rings. The molecule has 4 heteroatoms. The number of fused-ring (bicyclic) bond motifs is 2. The topological polar surface area (TPSA) is 41.7 Å². The molecule has 0 aromatic heterocycles. The Morgan fingerprint density at radius 1 is 0.741 bits per heavy atom. The molecule has 4 rings (SSSR count). The van der Waals surface area contributed by atoms with Crippen molar-refractivity contribution in [1.82, 2.24) is 0 Å². The van der Waals surface area contributed by atoms with Crippen LogP contribution in [-0.2, 0) is 0 Å². The molecule has 0 aliphatic heterocycles. The summed E-state index contributed by atoms with van der Waals surface area (Å²) in [5.74, 6) is 7.57. The van der Waals surface area contributed by atoms with Gasteiger partial charge in [-0.3, -0.25) is 5.01 Å². The predicted octanol–water partition coefficient (Wildman–Crippen LogP) is 5.08. The van der Waals surface area contributed by atoms with Crippen molar-refractivity contribution in [2.24, 2.45) is 5.84 Å². The van der Waals surface area contributed by atoms with E-state index in [4.69, 9.17) is 10.6 Å². The monoisotopic (exact) mass is 357 g/mol. The lowest BCUT2D eigenvalue weighted by Gasteiger charge is -2.28. The molecule has 0 heterocycles. The summed E-state index contributed by atoms with van der Waals surface area (Å²) >= 11 is 0. The van der Waals surface area contributed by atoms with E-state index >= 15 is 0 Å². The summed E-state index contributed by atoms with van der Waals surface area (Å²) in [6.45, 7) is 0. The Kier molecular flexibility index (Phi) is 4.34. The van der Waals surface area contributed by atoms with E-state index in [9.17, 15) is 0 Å². The molecule has 0 aliphatic rings. The van der Waals surface area contributed by atoms with Crippen LogP contribution in [0.1, 0.15) is 0 Å². The second kappa shape index (κ2) is 6.82. The van der Waals surface area contributed by atoms with Gasteiger partial charge in [-0.25, -0.2) is 5.84 Å². The third kappa shape index (κ3) is 2.84. The van der Waals surface area contributed by atoms with Crippen molar-refractivity contribution in [1.29, 1.82) is 0 Å². The van der Waals surface area contributed by atoms with Crippen LogP contribution in [0, 0.1) is 0 Å². The zero-order valence-corrected chi connectivity index (χ0v) is 15.8. The molecular formula is C23H23N3O. The Hall–Kier alpha value is -3.24. The molecule has 27 heavy (non-hydrogen) atoms. The Bertz CT molecular complexity index is 1120. The van der Waals surface area contributed by atoms with Crippen LogP contribution < -0.4 is 20.5 Å². The number of hydrogen-bond donors (Lipinski definition) is 1. The van der Waals surface area contributed by atoms with Gasteiger partial charge in [0.1, 0.15) is 5.75 Å². The predicted molar refractivity (Wildman–Crippen MR) is 115 cm³/mol. The SMILES string of the molecule is COc1cccc2cccc(N(N)c3c(N(C)C)ccc4ccccc34)c12. The van der Waals surface area contributed by atoms with E-state index in [-0.39, 0.29) is 0 Å². The quantitative estimate of drug-likeness (QED) is 0.408. The Morgan fingerprint density at radius 2 is 1.44 bits per heavy atom. The molecule has 4 nitrogen and oxygen atoms in total. The summed E-state index contributed by atoms with van der Waals surface area (Å²) in [7, 11) is 5.76. The summed E-state index contributed by atoms with van der Waals surface area (Å²) < 4.78 is 5.63. The highest BCUT2D eigenvalue weighted by molar-refractivity contribution is 6.07. The van der Waals surface area contributed by atoms with E-state index in [1.54, 1.807) is 12.1 Å². The van der Waals surface area contributed by atoms with Crippen LogP contribution in [0.2, 0.25) is 0 Å². The highest BCUT2D eigenvalue weighted by atomic mass is 16.5. The van der Waals surface area contributed by atoms with Crippen LogP contribution >= 0.6 is 0 Å². The van der Waals surface area contributed by atoms with Gasteiger partial charge in [0.05, 0.1) is 24.2 Å². The molecule has 0 spiro atoms. The lowest BCUT2D eigenvalue weighted by Crippen LogP contribution is -2.27. The van der Waals surface area contributed by atoms with Gasteiger partial charge in [0.2, 0.25) is 0 Å². The molecule has 0 saturated carbocycles. The molecule has 0 unspecified atom stereocenters. The van der Waals surface area contributed by atoms with Crippen molar-refractivity contribution in [2.75, 3.05) is 31.1 Å². The van der Waals surface area contributed by atoms with Crippen LogP contribution in [0.5, 0.6) is 5.75 Å². The number of hydrogen-bond acceptors (Lipinski definition) is 4. The Morgan fingerprint density at radius 3 is 2.19 bits per heavy atom. The van der Waals surface area contributed by atoms with E-state index in [0.29, 0.717) is 0 Å². The summed E-state index contributed by atoms with van der Waals surface area (Å²) in [6.07, 6.45) is 0. The number of rotatable bonds is 4. The van der Waals surface area contributed by atoms with Gasteiger partial charge in [0.25, 0.3) is 0 Å². The average Bonchev–Trinajstić information content (AvgIpc) is 2.71. The molecule has 0 radical (unpaired) electrons. The molecular weight excluding hydrogens is 334 g/mol. The maximum atomic E-state index is 6.76. The van der Waals surface area contributed by atoms with Crippen LogP contribution in [-0.4, -0.2) is 21.2 Å². The van der Waals surface area contributed by atoms with Crippen molar-refractivity contribution in [3.63, 3.8) is 0 Å². The van der Waals surface area contributed by atoms with Crippen molar-refractivity contribution in [2.45, 2.75) is 0 Å². The van der Waals surface area contributed by atoms with Crippen LogP contribution in [0.4, 0.5) is 17.1 Å². The van der Waals surface area contributed by atoms with Gasteiger partial charge in [0.15, 0.2) is 0 Å². The lowest BCUT2D eigenvalue weighted by molar-refractivity contribution is 0.420. The van der Waals surface area contributed by atoms with Crippen molar-refractivity contribution >= 4 is 38.6 Å². The number of methoxy groups -OCH3 is 1. The van der Waals surface area contributed by atoms with Crippen molar-refractivity contribution in [3.8, 4) is 5.75 Å². The summed E-state index contributed by atoms with van der Waals surface area (Å²) in [5, 5.41) is 6.14. The van der Waals surface area contributed by atoms with Crippen LogP contribution in [0.3, 0.4) is 0 Å². The number of nitrogens with two attached hydrogens (primary N) is 1. The van der Waals surface area contributed by atoms with Gasteiger partial charge >= 0.3 is 0 Å². The fraction of sp³-hybridized carbons (Fsp3) is 0.130. The third-order valence-corrected chi connectivity index (χ3v) is 4.93. The third-order valence-electron chi connectivity index (χ3n) is 4.93. The maximum Gasteiger partial charge on any atom is 0.128 e. The molecule has 2 N–H and O–H groups in total. The molecule has 0 aliphatic carbocycles. The first kappa shape index (κ1) is 17.2. The molecule has 0 bridgehead atoms. The Labute approximate surface area is 159 Å². The van der Waals surface area contributed by atoms with Crippen molar-refractivity contribution in [3.05, 3.63) is 72.8 Å². The minimum absolute atomic E-state index is 0.810. The number of nitrogens with zero attached hydrogens (tertiary/aromatic N) is 2. The normalized spacial score (nSPS) is 11.0. The highest BCUT2D eigenvalue weighted by Crippen LogP contribution is 2.42. The Balaban J connectivity index is 2.03. The number of benzene rings is 4. The number of anilines is 3. The van der Waals surface area contributed by atoms with E-state index < -0.39 is 0 Å². The largest absolute Gasteiger partial charge is 0.496 e. The molecule has 0 atom stereocenters.